The van der Waals surface area contributed by atoms with Crippen LogP contribution in [0.4, 0.5) is 0 Å². The Morgan fingerprint density at radius 1 is 1.22 bits per heavy atom. The molecule has 0 aliphatic rings. The zero-order valence-corrected chi connectivity index (χ0v) is 12.2. The van der Waals surface area contributed by atoms with Crippen LogP contribution in [0.25, 0.3) is 0 Å². The van der Waals surface area contributed by atoms with Crippen molar-refractivity contribution in [3.05, 3.63) is 28.0 Å². The number of rotatable bonds is 3. The third kappa shape index (κ3) is 3.57. The summed E-state index contributed by atoms with van der Waals surface area (Å²) in [7, 11) is 0. The minimum Gasteiger partial charge on any atom is -0.388 e. The van der Waals surface area contributed by atoms with Crippen LogP contribution in [0.5, 0.6) is 0 Å². The van der Waals surface area contributed by atoms with Crippen LogP contribution in [0.3, 0.4) is 0 Å². The summed E-state index contributed by atoms with van der Waals surface area (Å²) in [4.78, 5) is 15.8. The van der Waals surface area contributed by atoms with E-state index in [9.17, 15) is 9.90 Å². The van der Waals surface area contributed by atoms with Crippen LogP contribution in [0, 0.1) is 0 Å². The van der Waals surface area contributed by atoms with Gasteiger partial charge >= 0.3 is 0 Å². The number of amides is 1. The molecule has 0 atom stereocenters. The van der Waals surface area contributed by atoms with Crippen LogP contribution in [-0.2, 0) is 0 Å². The molecular formula is C12H16Cl2N2O2. The van der Waals surface area contributed by atoms with Crippen LogP contribution in [0.2, 0.25) is 10.3 Å². The number of halogens is 2. The second-order valence-corrected chi connectivity index (χ2v) is 5.91. The molecule has 0 aliphatic carbocycles. The highest BCUT2D eigenvalue weighted by molar-refractivity contribution is 6.33. The Bertz CT molecular complexity index is 447. The molecule has 2 N–H and O–H groups in total. The summed E-state index contributed by atoms with van der Waals surface area (Å²) in [6.45, 7) is 6.71. The van der Waals surface area contributed by atoms with Crippen LogP contribution in [0.1, 0.15) is 38.1 Å². The van der Waals surface area contributed by atoms with Crippen LogP contribution >= 0.6 is 23.2 Å². The van der Waals surface area contributed by atoms with Crippen molar-refractivity contribution in [1.82, 2.24) is 10.3 Å². The molecule has 0 radical (unpaired) electrons. The topological polar surface area (TPSA) is 62.2 Å². The first-order chi connectivity index (χ1) is 8.03. The summed E-state index contributed by atoms with van der Waals surface area (Å²) in [6.07, 6.45) is 0. The van der Waals surface area contributed by atoms with E-state index in [-0.39, 0.29) is 16.2 Å². The van der Waals surface area contributed by atoms with E-state index in [1.165, 1.54) is 12.1 Å². The maximum absolute atomic E-state index is 12.0. The lowest BCUT2D eigenvalue weighted by Crippen LogP contribution is -2.57. The summed E-state index contributed by atoms with van der Waals surface area (Å²) in [5.41, 5.74) is -1.56. The Morgan fingerprint density at radius 2 is 1.67 bits per heavy atom. The molecule has 4 nitrogen and oxygen atoms in total. The lowest BCUT2D eigenvalue weighted by atomic mass is 9.86. The van der Waals surface area contributed by atoms with E-state index in [1.807, 2.05) is 0 Å². The van der Waals surface area contributed by atoms with Crippen molar-refractivity contribution in [2.75, 3.05) is 0 Å². The largest absolute Gasteiger partial charge is 0.388 e. The zero-order valence-electron chi connectivity index (χ0n) is 10.7. The standard InChI is InChI=1S/C12H16Cl2N2O2/c1-11(2,12(3,4)18)16-10(17)7-5-8(13)15-9(14)6-7/h5-6,18H,1-4H3,(H,16,17). The molecule has 1 aromatic heterocycles. The van der Waals surface area contributed by atoms with Gasteiger partial charge in [-0.05, 0) is 39.8 Å². The summed E-state index contributed by atoms with van der Waals surface area (Å²) >= 11 is 11.5. The Labute approximate surface area is 116 Å². The number of hydrogen-bond donors (Lipinski definition) is 2. The van der Waals surface area contributed by atoms with Gasteiger partial charge < -0.3 is 10.4 Å². The quantitative estimate of drug-likeness (QED) is 0.842. The molecule has 100 valence electrons. The molecule has 0 aromatic carbocycles. The summed E-state index contributed by atoms with van der Waals surface area (Å²) < 4.78 is 0. The minimum atomic E-state index is -1.07. The molecule has 0 saturated carbocycles. The predicted octanol–water partition coefficient (Wildman–Crippen LogP) is 2.67. The van der Waals surface area contributed by atoms with Crippen molar-refractivity contribution >= 4 is 29.1 Å². The molecular weight excluding hydrogens is 275 g/mol. The Balaban J connectivity index is 2.96. The fourth-order valence-electron chi connectivity index (χ4n) is 1.10. The van der Waals surface area contributed by atoms with Gasteiger partial charge in [-0.1, -0.05) is 23.2 Å². The first-order valence-corrected chi connectivity index (χ1v) is 6.16. The fourth-order valence-corrected chi connectivity index (χ4v) is 1.57. The molecule has 0 saturated heterocycles. The van der Waals surface area contributed by atoms with Crippen molar-refractivity contribution in [2.24, 2.45) is 0 Å². The average molecular weight is 291 g/mol. The number of aromatic nitrogens is 1. The first-order valence-electron chi connectivity index (χ1n) is 5.41. The highest BCUT2D eigenvalue weighted by Gasteiger charge is 2.36. The van der Waals surface area contributed by atoms with Crippen molar-refractivity contribution in [3.8, 4) is 0 Å². The maximum Gasteiger partial charge on any atom is 0.252 e. The Morgan fingerprint density at radius 3 is 2.06 bits per heavy atom. The van der Waals surface area contributed by atoms with Gasteiger partial charge in [0.15, 0.2) is 0 Å². The van der Waals surface area contributed by atoms with Gasteiger partial charge in [-0.25, -0.2) is 4.98 Å². The third-order valence-corrected chi connectivity index (χ3v) is 3.37. The van der Waals surface area contributed by atoms with Gasteiger partial charge in [0, 0.05) is 5.56 Å². The number of nitrogens with zero attached hydrogens (tertiary/aromatic N) is 1. The van der Waals surface area contributed by atoms with Crippen molar-refractivity contribution < 1.29 is 9.90 Å². The minimum absolute atomic E-state index is 0.147. The lowest BCUT2D eigenvalue weighted by molar-refractivity contribution is -0.00292. The number of hydrogen-bond acceptors (Lipinski definition) is 3. The van der Waals surface area contributed by atoms with E-state index in [0.717, 1.165) is 0 Å². The highest BCUT2D eigenvalue weighted by atomic mass is 35.5. The molecule has 18 heavy (non-hydrogen) atoms. The maximum atomic E-state index is 12.0. The average Bonchev–Trinajstić information content (AvgIpc) is 2.13. The molecule has 1 heterocycles. The smallest absolute Gasteiger partial charge is 0.252 e. The molecule has 0 bridgehead atoms. The third-order valence-electron chi connectivity index (χ3n) is 2.98. The van der Waals surface area contributed by atoms with E-state index >= 15 is 0 Å². The first kappa shape index (κ1) is 15.2. The van der Waals surface area contributed by atoms with Gasteiger partial charge in [0.05, 0.1) is 11.1 Å². The number of carbonyl (C=O) groups excluding carboxylic acids is 1. The van der Waals surface area contributed by atoms with Crippen LogP contribution in [0.15, 0.2) is 12.1 Å². The fraction of sp³-hybridized carbons (Fsp3) is 0.500. The highest BCUT2D eigenvalue weighted by Crippen LogP contribution is 2.22. The number of carbonyl (C=O) groups is 1. The SMILES string of the molecule is CC(C)(O)C(C)(C)NC(=O)c1cc(Cl)nc(Cl)c1. The van der Waals surface area contributed by atoms with Crippen molar-refractivity contribution in [3.63, 3.8) is 0 Å². The van der Waals surface area contributed by atoms with Gasteiger partial charge in [-0.15, -0.1) is 0 Å². The zero-order chi connectivity index (χ0) is 14.1. The summed E-state index contributed by atoms with van der Waals surface area (Å²) in [5.74, 6) is -0.367. The molecule has 0 aliphatic heterocycles. The second kappa shape index (κ2) is 5.03. The van der Waals surface area contributed by atoms with Gasteiger partial charge in [0.1, 0.15) is 10.3 Å². The van der Waals surface area contributed by atoms with Gasteiger partial charge in [0.2, 0.25) is 0 Å². The molecule has 1 rings (SSSR count). The normalized spacial score (nSPS) is 12.4. The number of nitrogens with one attached hydrogen (secondary N) is 1. The molecule has 1 amide bonds. The number of aliphatic hydroxyl groups is 1. The molecule has 1 aromatic rings. The van der Waals surface area contributed by atoms with Gasteiger partial charge in [-0.2, -0.15) is 0 Å². The van der Waals surface area contributed by atoms with Gasteiger partial charge in [0.25, 0.3) is 5.91 Å². The van der Waals surface area contributed by atoms with Crippen molar-refractivity contribution in [2.45, 2.75) is 38.8 Å². The van der Waals surface area contributed by atoms with E-state index in [2.05, 4.69) is 10.3 Å². The van der Waals surface area contributed by atoms with Crippen LogP contribution in [-0.4, -0.2) is 27.1 Å². The van der Waals surface area contributed by atoms with Crippen LogP contribution < -0.4 is 5.32 Å². The number of pyridine rings is 1. The second-order valence-electron chi connectivity index (χ2n) is 5.14. The Hall–Kier alpha value is -0.840. The Kier molecular flexibility index (Phi) is 4.26. The molecule has 0 fully saturated rings. The molecule has 6 heteroatoms. The summed E-state index contributed by atoms with van der Waals surface area (Å²) in [6, 6.07) is 2.84. The lowest BCUT2D eigenvalue weighted by Gasteiger charge is -2.38. The molecule has 0 spiro atoms. The van der Waals surface area contributed by atoms with E-state index < -0.39 is 11.1 Å². The van der Waals surface area contributed by atoms with E-state index in [1.54, 1.807) is 27.7 Å². The molecule has 0 unspecified atom stereocenters. The van der Waals surface area contributed by atoms with E-state index in [0.29, 0.717) is 5.56 Å². The van der Waals surface area contributed by atoms with E-state index in [4.69, 9.17) is 23.2 Å². The predicted molar refractivity (Wildman–Crippen MR) is 72.1 cm³/mol. The van der Waals surface area contributed by atoms with Gasteiger partial charge in [-0.3, -0.25) is 4.79 Å². The monoisotopic (exact) mass is 290 g/mol. The van der Waals surface area contributed by atoms with Crippen molar-refractivity contribution in [1.29, 1.82) is 0 Å². The summed E-state index contributed by atoms with van der Waals surface area (Å²) in [5, 5.41) is 13.0.